The number of aryl methyl sites for hydroxylation is 1. The molecule has 2 aromatic rings. The Bertz CT molecular complexity index is 804. The third kappa shape index (κ3) is 2.55. The normalized spacial score (nSPS) is 32.9. The first-order valence-corrected chi connectivity index (χ1v) is 9.24. The molecule has 0 radical (unpaired) electrons. The van der Waals surface area contributed by atoms with Crippen LogP contribution < -0.4 is 5.32 Å². The van der Waals surface area contributed by atoms with Crippen molar-refractivity contribution in [2.45, 2.75) is 38.0 Å². The molecule has 138 valence electrons. The predicted octanol–water partition coefficient (Wildman–Crippen LogP) is 1.12. The Hall–Kier alpha value is -2.19. The summed E-state index contributed by atoms with van der Waals surface area (Å²) >= 11 is 0. The Morgan fingerprint density at radius 2 is 2.46 bits per heavy atom. The van der Waals surface area contributed by atoms with Crippen molar-refractivity contribution in [3.63, 3.8) is 0 Å². The molecule has 3 aliphatic rings. The molecule has 8 heteroatoms. The van der Waals surface area contributed by atoms with Gasteiger partial charge in [0, 0.05) is 44.6 Å². The Balaban J connectivity index is 1.25. The van der Waals surface area contributed by atoms with E-state index >= 15 is 0 Å². The number of carbonyl (C=O) groups is 1. The van der Waals surface area contributed by atoms with E-state index in [9.17, 15) is 4.79 Å². The van der Waals surface area contributed by atoms with Gasteiger partial charge in [0.05, 0.1) is 18.2 Å². The first-order valence-electron chi connectivity index (χ1n) is 9.24. The van der Waals surface area contributed by atoms with E-state index in [1.807, 2.05) is 13.0 Å². The number of hydrogen-bond donors (Lipinski definition) is 2. The van der Waals surface area contributed by atoms with Crippen LogP contribution in [0.3, 0.4) is 0 Å². The molecule has 4 atom stereocenters. The smallest absolute Gasteiger partial charge is 0.267 e. The van der Waals surface area contributed by atoms with Gasteiger partial charge in [0.2, 0.25) is 5.89 Å². The van der Waals surface area contributed by atoms with Gasteiger partial charge in [-0.25, -0.2) is 0 Å². The van der Waals surface area contributed by atoms with Gasteiger partial charge in [-0.2, -0.15) is 4.98 Å². The maximum Gasteiger partial charge on any atom is 0.267 e. The van der Waals surface area contributed by atoms with Crippen LogP contribution in [0.15, 0.2) is 22.9 Å². The summed E-state index contributed by atoms with van der Waals surface area (Å²) in [5, 5.41) is 7.09. The molecule has 5 heterocycles. The van der Waals surface area contributed by atoms with Gasteiger partial charge >= 0.3 is 0 Å². The van der Waals surface area contributed by atoms with E-state index in [0.29, 0.717) is 36.5 Å². The zero-order valence-corrected chi connectivity index (χ0v) is 14.8. The van der Waals surface area contributed by atoms with Gasteiger partial charge in [-0.3, -0.25) is 9.69 Å². The van der Waals surface area contributed by atoms with E-state index in [1.54, 1.807) is 12.3 Å². The van der Waals surface area contributed by atoms with Gasteiger partial charge in [0.15, 0.2) is 5.82 Å². The minimum Gasteiger partial charge on any atom is -0.370 e. The highest BCUT2D eigenvalue weighted by molar-refractivity contribution is 5.92. The van der Waals surface area contributed by atoms with Gasteiger partial charge in [-0.15, -0.1) is 0 Å². The largest absolute Gasteiger partial charge is 0.370 e. The lowest BCUT2D eigenvalue weighted by molar-refractivity contribution is 0.00189. The van der Waals surface area contributed by atoms with E-state index in [4.69, 9.17) is 9.26 Å². The quantitative estimate of drug-likeness (QED) is 0.832. The molecule has 3 fully saturated rings. The molecule has 5 rings (SSSR count). The number of nitrogens with zero attached hydrogens (tertiary/aromatic N) is 3. The summed E-state index contributed by atoms with van der Waals surface area (Å²) in [4.78, 5) is 21.9. The summed E-state index contributed by atoms with van der Waals surface area (Å²) in [5.41, 5.74) is 0.537. The van der Waals surface area contributed by atoms with Crippen LogP contribution in [0.2, 0.25) is 0 Å². The van der Waals surface area contributed by atoms with Crippen LogP contribution in [-0.4, -0.2) is 57.3 Å². The van der Waals surface area contributed by atoms with Crippen LogP contribution in [-0.2, 0) is 11.3 Å². The molecule has 26 heavy (non-hydrogen) atoms. The summed E-state index contributed by atoms with van der Waals surface area (Å²) in [7, 11) is 0. The zero-order chi connectivity index (χ0) is 17.7. The van der Waals surface area contributed by atoms with Crippen LogP contribution in [0.25, 0.3) is 0 Å². The fourth-order valence-electron chi connectivity index (χ4n) is 5.06. The zero-order valence-electron chi connectivity index (χ0n) is 14.8. The van der Waals surface area contributed by atoms with Crippen LogP contribution in [0.1, 0.15) is 35.0 Å². The van der Waals surface area contributed by atoms with Crippen LogP contribution in [0.4, 0.5) is 0 Å². The Labute approximate surface area is 151 Å². The van der Waals surface area contributed by atoms with Crippen LogP contribution in [0, 0.1) is 18.8 Å². The second-order valence-corrected chi connectivity index (χ2v) is 7.72. The standard InChI is InChI=1S/C18H23N5O3/c1-11-21-16(22-26-11)9-23-8-13-12(15-4-5-18(13,10-23)25-15)7-20-17(24)14-3-2-6-19-14/h2-3,6,12-13,15,19H,4-5,7-10H2,1H3,(H,20,24)/t12-,13+,15+,18+/m0/s1. The number of rotatable bonds is 5. The fourth-order valence-corrected chi connectivity index (χ4v) is 5.06. The molecular formula is C18H23N5O3. The molecule has 2 N–H and O–H groups in total. The Morgan fingerprint density at radius 3 is 3.23 bits per heavy atom. The molecule has 3 saturated heterocycles. The van der Waals surface area contributed by atoms with E-state index in [0.717, 1.165) is 31.8 Å². The van der Waals surface area contributed by atoms with E-state index < -0.39 is 0 Å². The molecule has 1 spiro atoms. The van der Waals surface area contributed by atoms with Crippen molar-refractivity contribution in [1.29, 1.82) is 0 Å². The topological polar surface area (TPSA) is 96.3 Å². The molecule has 0 unspecified atom stereocenters. The van der Waals surface area contributed by atoms with E-state index in [2.05, 4.69) is 25.3 Å². The number of nitrogens with one attached hydrogen (secondary N) is 2. The lowest BCUT2D eigenvalue weighted by Crippen LogP contribution is -2.42. The summed E-state index contributed by atoms with van der Waals surface area (Å²) in [6, 6.07) is 3.62. The SMILES string of the molecule is Cc1nc(CN2C[C@@H]3[C@H](CNC(=O)c4ccc[nH]4)[C@H]4CC[C@]3(C2)O4)no1. The molecule has 0 saturated carbocycles. The van der Waals surface area contributed by atoms with Crippen molar-refractivity contribution in [3.05, 3.63) is 35.7 Å². The van der Waals surface area contributed by atoms with E-state index in [-0.39, 0.29) is 17.6 Å². The van der Waals surface area contributed by atoms with Gasteiger partial charge in [-0.05, 0) is 25.0 Å². The first-order chi connectivity index (χ1) is 12.6. The van der Waals surface area contributed by atoms with Gasteiger partial charge in [-0.1, -0.05) is 5.16 Å². The van der Waals surface area contributed by atoms with Crippen molar-refractivity contribution in [1.82, 2.24) is 25.3 Å². The second-order valence-electron chi connectivity index (χ2n) is 7.72. The number of hydrogen-bond acceptors (Lipinski definition) is 6. The van der Waals surface area contributed by atoms with Gasteiger partial charge < -0.3 is 19.6 Å². The maximum atomic E-state index is 12.2. The van der Waals surface area contributed by atoms with Crippen molar-refractivity contribution in [2.75, 3.05) is 19.6 Å². The number of fused-ring (bicyclic) bond motifs is 1. The third-order valence-corrected chi connectivity index (χ3v) is 6.13. The molecular weight excluding hydrogens is 334 g/mol. The van der Waals surface area contributed by atoms with Crippen molar-refractivity contribution < 1.29 is 14.1 Å². The van der Waals surface area contributed by atoms with Crippen molar-refractivity contribution in [2.24, 2.45) is 11.8 Å². The van der Waals surface area contributed by atoms with Crippen LogP contribution in [0.5, 0.6) is 0 Å². The highest BCUT2D eigenvalue weighted by atomic mass is 16.5. The number of amides is 1. The first kappa shape index (κ1) is 16.0. The molecule has 2 aromatic heterocycles. The lowest BCUT2D eigenvalue weighted by atomic mass is 9.73. The average molecular weight is 357 g/mol. The number of H-pyrrole nitrogens is 1. The molecule has 0 aromatic carbocycles. The molecule has 1 amide bonds. The molecule has 2 bridgehead atoms. The predicted molar refractivity (Wildman–Crippen MR) is 91.3 cm³/mol. The van der Waals surface area contributed by atoms with Crippen LogP contribution >= 0.6 is 0 Å². The number of ether oxygens (including phenoxy) is 1. The number of carbonyl (C=O) groups excluding carboxylic acids is 1. The summed E-state index contributed by atoms with van der Waals surface area (Å²) in [6.07, 6.45) is 4.21. The highest BCUT2D eigenvalue weighted by Gasteiger charge is 2.62. The second kappa shape index (κ2) is 5.92. The Morgan fingerprint density at radius 1 is 1.54 bits per heavy atom. The molecule has 8 nitrogen and oxygen atoms in total. The lowest BCUT2D eigenvalue weighted by Gasteiger charge is -2.29. The summed E-state index contributed by atoms with van der Waals surface area (Å²) < 4.78 is 11.5. The maximum absolute atomic E-state index is 12.2. The van der Waals surface area contributed by atoms with Crippen molar-refractivity contribution >= 4 is 5.91 Å². The highest BCUT2D eigenvalue weighted by Crippen LogP contribution is 2.54. The molecule has 0 aliphatic carbocycles. The van der Waals surface area contributed by atoms with Crippen molar-refractivity contribution in [3.8, 4) is 0 Å². The number of aromatic nitrogens is 3. The average Bonchev–Trinajstić information content (AvgIpc) is 3.40. The van der Waals surface area contributed by atoms with Gasteiger partial charge in [0.1, 0.15) is 5.69 Å². The molecule has 3 aliphatic heterocycles. The minimum atomic E-state index is -0.0642. The van der Waals surface area contributed by atoms with E-state index in [1.165, 1.54) is 0 Å². The minimum absolute atomic E-state index is 0.0519. The summed E-state index contributed by atoms with van der Waals surface area (Å²) in [5.74, 6) is 2.08. The third-order valence-electron chi connectivity index (χ3n) is 6.13. The number of aromatic amines is 1. The Kier molecular flexibility index (Phi) is 3.65. The number of likely N-dealkylation sites (tertiary alicyclic amines) is 1. The fraction of sp³-hybridized carbons (Fsp3) is 0.611. The monoisotopic (exact) mass is 357 g/mol. The summed E-state index contributed by atoms with van der Waals surface area (Å²) in [6.45, 7) is 5.01. The van der Waals surface area contributed by atoms with Gasteiger partial charge in [0.25, 0.3) is 5.91 Å².